The van der Waals surface area contributed by atoms with Crippen molar-refractivity contribution in [2.45, 2.75) is 26.7 Å². The van der Waals surface area contributed by atoms with Crippen LogP contribution in [0.5, 0.6) is 0 Å². The van der Waals surface area contributed by atoms with E-state index in [4.69, 9.17) is 11.6 Å². The van der Waals surface area contributed by atoms with Crippen LogP contribution < -0.4 is 5.32 Å². The minimum Gasteiger partial charge on any atom is -0.311 e. The Morgan fingerprint density at radius 1 is 1.20 bits per heavy atom. The van der Waals surface area contributed by atoms with Crippen LogP contribution in [-0.4, -0.2) is 21.1 Å². The molecule has 3 aromatic rings. The Morgan fingerprint density at radius 3 is 2.68 bits per heavy atom. The van der Waals surface area contributed by atoms with Gasteiger partial charge in [0, 0.05) is 35.0 Å². The average Bonchev–Trinajstić information content (AvgIpc) is 2.97. The van der Waals surface area contributed by atoms with Crippen molar-refractivity contribution >= 4 is 23.3 Å². The third-order valence-corrected chi connectivity index (χ3v) is 4.52. The van der Waals surface area contributed by atoms with E-state index in [9.17, 15) is 4.79 Å². The molecule has 0 atom stereocenters. The number of hydrogen-bond acceptors (Lipinski definition) is 3. The number of pyridine rings is 1. The summed E-state index contributed by atoms with van der Waals surface area (Å²) in [6.07, 6.45) is 4.49. The number of aromatic amines is 1. The first-order valence-corrected chi connectivity index (χ1v) is 8.42. The van der Waals surface area contributed by atoms with Gasteiger partial charge in [-0.25, -0.2) is 0 Å². The molecule has 0 aliphatic heterocycles. The second-order valence-corrected chi connectivity index (χ2v) is 6.35. The van der Waals surface area contributed by atoms with Gasteiger partial charge in [-0.15, -0.1) is 0 Å². The summed E-state index contributed by atoms with van der Waals surface area (Å²) in [6.45, 7) is 3.89. The summed E-state index contributed by atoms with van der Waals surface area (Å²) in [4.78, 5) is 16.2. The van der Waals surface area contributed by atoms with Gasteiger partial charge in [0.15, 0.2) is 0 Å². The zero-order valence-corrected chi connectivity index (χ0v) is 14.9. The molecule has 0 fully saturated rings. The molecule has 6 heteroatoms. The predicted octanol–water partition coefficient (Wildman–Crippen LogP) is 4.31. The quantitative estimate of drug-likeness (QED) is 0.717. The molecule has 128 valence electrons. The largest absolute Gasteiger partial charge is 0.311 e. The molecule has 0 aliphatic rings. The number of carbonyl (C=O) groups excluding carboxylic acids is 1. The number of nitrogens with one attached hydrogen (secondary N) is 2. The van der Waals surface area contributed by atoms with Gasteiger partial charge in [0.2, 0.25) is 5.91 Å². The Hall–Kier alpha value is -2.66. The lowest BCUT2D eigenvalue weighted by atomic mass is 10.1. The maximum Gasteiger partial charge on any atom is 0.225 e. The summed E-state index contributed by atoms with van der Waals surface area (Å²) >= 11 is 6.03. The fraction of sp³-hybridized carbons (Fsp3) is 0.211. The van der Waals surface area contributed by atoms with Crippen LogP contribution in [-0.2, 0) is 11.2 Å². The number of rotatable bonds is 5. The molecule has 0 saturated heterocycles. The number of halogens is 1. The van der Waals surface area contributed by atoms with Crippen molar-refractivity contribution in [2.75, 3.05) is 5.32 Å². The van der Waals surface area contributed by atoms with Gasteiger partial charge in [0.05, 0.1) is 5.69 Å². The number of hydrogen-bond donors (Lipinski definition) is 2. The molecule has 0 saturated carbocycles. The van der Waals surface area contributed by atoms with E-state index in [1.54, 1.807) is 12.4 Å². The minimum absolute atomic E-state index is 0.0550. The lowest BCUT2D eigenvalue weighted by Gasteiger charge is -2.06. The van der Waals surface area contributed by atoms with Gasteiger partial charge in [0.25, 0.3) is 0 Å². The first kappa shape index (κ1) is 17.2. The van der Waals surface area contributed by atoms with Crippen LogP contribution in [0.4, 0.5) is 5.82 Å². The number of amides is 1. The van der Waals surface area contributed by atoms with Gasteiger partial charge in [-0.05, 0) is 49.6 Å². The van der Waals surface area contributed by atoms with Gasteiger partial charge < -0.3 is 5.32 Å². The van der Waals surface area contributed by atoms with Crippen LogP contribution in [0.3, 0.4) is 0 Å². The topological polar surface area (TPSA) is 70.7 Å². The Bertz CT molecular complexity index is 890. The Labute approximate surface area is 151 Å². The zero-order chi connectivity index (χ0) is 17.8. The van der Waals surface area contributed by atoms with E-state index in [-0.39, 0.29) is 5.91 Å². The van der Waals surface area contributed by atoms with E-state index < -0.39 is 0 Å². The van der Waals surface area contributed by atoms with Crippen LogP contribution in [0, 0.1) is 13.8 Å². The average molecular weight is 355 g/mol. The van der Waals surface area contributed by atoms with E-state index >= 15 is 0 Å². The van der Waals surface area contributed by atoms with Crippen LogP contribution in [0.25, 0.3) is 11.3 Å². The maximum atomic E-state index is 12.2. The highest BCUT2D eigenvalue weighted by molar-refractivity contribution is 6.31. The molecule has 0 spiro atoms. The molecule has 1 amide bonds. The van der Waals surface area contributed by atoms with E-state index in [0.29, 0.717) is 18.7 Å². The molecule has 0 radical (unpaired) electrons. The molecule has 2 N–H and O–H groups in total. The van der Waals surface area contributed by atoms with Crippen molar-refractivity contribution in [3.8, 4) is 11.3 Å². The molecule has 25 heavy (non-hydrogen) atoms. The summed E-state index contributed by atoms with van der Waals surface area (Å²) in [5.41, 5.74) is 4.79. The SMILES string of the molecule is Cc1cc(CCC(=O)Nc2[nH]nc(-c3ccncc3)c2C)ccc1Cl. The summed E-state index contributed by atoms with van der Waals surface area (Å²) in [7, 11) is 0. The summed E-state index contributed by atoms with van der Waals surface area (Å²) in [5, 5.41) is 10.8. The van der Waals surface area contributed by atoms with Gasteiger partial charge in [-0.3, -0.25) is 14.9 Å². The Morgan fingerprint density at radius 2 is 1.96 bits per heavy atom. The number of H-pyrrole nitrogens is 1. The van der Waals surface area contributed by atoms with E-state index in [1.807, 2.05) is 44.2 Å². The smallest absolute Gasteiger partial charge is 0.225 e. The highest BCUT2D eigenvalue weighted by atomic mass is 35.5. The van der Waals surface area contributed by atoms with Gasteiger partial charge in [-0.1, -0.05) is 23.7 Å². The molecular formula is C19H19ClN4O. The van der Waals surface area contributed by atoms with Gasteiger partial charge >= 0.3 is 0 Å². The van der Waals surface area contributed by atoms with E-state index in [1.165, 1.54) is 0 Å². The maximum absolute atomic E-state index is 12.2. The fourth-order valence-electron chi connectivity index (χ4n) is 2.63. The number of nitrogens with zero attached hydrogens (tertiary/aromatic N) is 2. The van der Waals surface area contributed by atoms with Gasteiger partial charge in [-0.2, -0.15) is 5.10 Å². The number of carbonyl (C=O) groups is 1. The second-order valence-electron chi connectivity index (χ2n) is 5.94. The molecule has 1 aromatic carbocycles. The van der Waals surface area contributed by atoms with E-state index in [2.05, 4.69) is 20.5 Å². The number of aromatic nitrogens is 3. The van der Waals surface area contributed by atoms with Crippen molar-refractivity contribution < 1.29 is 4.79 Å². The van der Waals surface area contributed by atoms with Crippen molar-refractivity contribution in [3.63, 3.8) is 0 Å². The molecule has 2 aromatic heterocycles. The summed E-state index contributed by atoms with van der Waals surface area (Å²) < 4.78 is 0. The Balaban J connectivity index is 1.63. The van der Waals surface area contributed by atoms with Crippen LogP contribution in [0.1, 0.15) is 23.1 Å². The fourth-order valence-corrected chi connectivity index (χ4v) is 2.75. The predicted molar refractivity (Wildman–Crippen MR) is 99.7 cm³/mol. The lowest BCUT2D eigenvalue weighted by Crippen LogP contribution is -2.13. The standard InChI is InChI=1S/C19H19ClN4O/c1-12-11-14(3-5-16(12)20)4-6-17(25)22-19-13(2)18(23-24-19)15-7-9-21-10-8-15/h3,5,7-11H,4,6H2,1-2H3,(H2,22,23,24,25). The first-order chi connectivity index (χ1) is 12.0. The molecule has 0 unspecified atom stereocenters. The van der Waals surface area contributed by atoms with Crippen LogP contribution in [0.15, 0.2) is 42.7 Å². The van der Waals surface area contributed by atoms with Crippen molar-refractivity contribution in [1.82, 2.24) is 15.2 Å². The minimum atomic E-state index is -0.0550. The molecule has 0 bridgehead atoms. The second kappa shape index (κ2) is 7.49. The van der Waals surface area contributed by atoms with E-state index in [0.717, 1.165) is 33.0 Å². The molecule has 0 aliphatic carbocycles. The van der Waals surface area contributed by atoms with Crippen molar-refractivity contribution in [2.24, 2.45) is 0 Å². The van der Waals surface area contributed by atoms with Crippen molar-refractivity contribution in [3.05, 3.63) is 64.4 Å². The molecular weight excluding hydrogens is 336 g/mol. The van der Waals surface area contributed by atoms with Crippen molar-refractivity contribution in [1.29, 1.82) is 0 Å². The third-order valence-electron chi connectivity index (χ3n) is 4.09. The highest BCUT2D eigenvalue weighted by Crippen LogP contribution is 2.25. The number of benzene rings is 1. The normalized spacial score (nSPS) is 10.7. The summed E-state index contributed by atoms with van der Waals surface area (Å²) in [5.74, 6) is 0.574. The van der Waals surface area contributed by atoms with Crippen LogP contribution in [0.2, 0.25) is 5.02 Å². The monoisotopic (exact) mass is 354 g/mol. The van der Waals surface area contributed by atoms with Crippen LogP contribution >= 0.6 is 11.6 Å². The molecule has 5 nitrogen and oxygen atoms in total. The summed E-state index contributed by atoms with van der Waals surface area (Å²) in [6, 6.07) is 9.60. The molecule has 2 heterocycles. The first-order valence-electron chi connectivity index (χ1n) is 8.05. The number of anilines is 1. The van der Waals surface area contributed by atoms with Gasteiger partial charge in [0.1, 0.15) is 5.82 Å². The zero-order valence-electron chi connectivity index (χ0n) is 14.1. The highest BCUT2D eigenvalue weighted by Gasteiger charge is 2.13. The lowest BCUT2D eigenvalue weighted by molar-refractivity contribution is -0.116. The third kappa shape index (κ3) is 4.06. The molecule has 3 rings (SSSR count). The Kier molecular flexibility index (Phi) is 5.14. The number of aryl methyl sites for hydroxylation is 2.